The smallest absolute Gasteiger partial charge is 0.343 e. The Balaban J connectivity index is 1.44. The van der Waals surface area contributed by atoms with Gasteiger partial charge in [-0.1, -0.05) is 81.6 Å². The average Bonchev–Trinajstić information content (AvgIpc) is 3.32. The molecule has 5 rings (SSSR count). The van der Waals surface area contributed by atoms with Crippen molar-refractivity contribution in [1.82, 2.24) is 10.4 Å². The number of hydrazone groups is 1. The van der Waals surface area contributed by atoms with Crippen molar-refractivity contribution < 1.29 is 14.3 Å². The molecule has 0 aliphatic heterocycles. The van der Waals surface area contributed by atoms with Gasteiger partial charge in [-0.3, -0.25) is 4.79 Å². The Bertz CT molecular complexity index is 1740. The third-order valence-corrected chi connectivity index (χ3v) is 7.37. The molecule has 1 heterocycles. The van der Waals surface area contributed by atoms with Gasteiger partial charge in [-0.05, 0) is 64.0 Å². The lowest BCUT2D eigenvalue weighted by atomic mass is 10.0. The van der Waals surface area contributed by atoms with Gasteiger partial charge in [0.25, 0.3) is 5.91 Å². The molecule has 0 saturated heterocycles. The van der Waals surface area contributed by atoms with E-state index < -0.39 is 11.9 Å². The number of esters is 1. The molecule has 0 bridgehead atoms. The van der Waals surface area contributed by atoms with E-state index in [1.807, 2.05) is 42.5 Å². The van der Waals surface area contributed by atoms with Crippen molar-refractivity contribution in [2.75, 3.05) is 0 Å². The second-order valence-corrected chi connectivity index (χ2v) is 10.9. The Morgan fingerprint density at radius 3 is 2.41 bits per heavy atom. The summed E-state index contributed by atoms with van der Waals surface area (Å²) in [5.74, 6) is -0.805. The molecule has 1 amide bonds. The summed E-state index contributed by atoms with van der Waals surface area (Å²) in [6.07, 6.45) is 1.40. The Morgan fingerprint density at radius 2 is 1.67 bits per heavy atom. The van der Waals surface area contributed by atoms with Crippen LogP contribution in [0.25, 0.3) is 22.0 Å². The van der Waals surface area contributed by atoms with Crippen molar-refractivity contribution in [1.29, 1.82) is 0 Å². The Hall–Kier alpha value is -3.43. The maximum atomic E-state index is 13.3. The van der Waals surface area contributed by atoms with E-state index in [9.17, 15) is 9.59 Å². The second kappa shape index (κ2) is 11.8. The van der Waals surface area contributed by atoms with E-state index in [0.29, 0.717) is 46.9 Å². The molecule has 0 atom stereocenters. The summed E-state index contributed by atoms with van der Waals surface area (Å²) in [5.41, 5.74) is 5.87. The SMILES string of the molecule is O=C(Oc1c(Br)cc(Br)cc1C=NNC(=O)c1[nH]c2c(Cl)cccc2c1-c1ccccc1)c1ccc(Cl)cc1. The van der Waals surface area contributed by atoms with Crippen LogP contribution in [-0.2, 0) is 0 Å². The van der Waals surface area contributed by atoms with Gasteiger partial charge in [0.05, 0.1) is 26.8 Å². The first-order chi connectivity index (χ1) is 18.8. The standard InChI is InChI=1S/C29H17Br2Cl2N3O3/c30-19-13-18(27(22(31)14-19)39-29(38)17-9-11-20(32)12-10-17)15-34-36-28(37)26-24(16-5-2-1-3-6-16)21-7-4-8-23(33)25(21)35-26/h1-15,35H,(H,36,37). The van der Waals surface area contributed by atoms with Crippen molar-refractivity contribution >= 4 is 84.1 Å². The second-order valence-electron chi connectivity index (χ2n) is 8.30. The largest absolute Gasteiger partial charge is 0.421 e. The third-order valence-electron chi connectivity index (χ3n) is 5.75. The third kappa shape index (κ3) is 5.94. The molecule has 0 aliphatic carbocycles. The fourth-order valence-corrected chi connectivity index (χ4v) is 5.68. The van der Waals surface area contributed by atoms with Gasteiger partial charge in [0.2, 0.25) is 0 Å². The first-order valence-electron chi connectivity index (χ1n) is 11.5. The van der Waals surface area contributed by atoms with E-state index in [0.717, 1.165) is 10.9 Å². The first-order valence-corrected chi connectivity index (χ1v) is 13.8. The number of fused-ring (bicyclic) bond motifs is 1. The average molecular weight is 686 g/mol. The molecule has 5 aromatic rings. The lowest BCUT2D eigenvalue weighted by Gasteiger charge is -2.11. The van der Waals surface area contributed by atoms with Crippen LogP contribution in [0, 0.1) is 0 Å². The van der Waals surface area contributed by atoms with E-state index in [1.165, 1.54) is 6.21 Å². The number of carbonyl (C=O) groups is 2. The topological polar surface area (TPSA) is 83.5 Å². The highest BCUT2D eigenvalue weighted by Gasteiger charge is 2.20. The maximum absolute atomic E-state index is 13.3. The number of hydrogen-bond acceptors (Lipinski definition) is 4. The fraction of sp³-hybridized carbons (Fsp3) is 0. The number of benzene rings is 4. The van der Waals surface area contributed by atoms with Crippen molar-refractivity contribution in [2.24, 2.45) is 5.10 Å². The molecule has 39 heavy (non-hydrogen) atoms. The van der Waals surface area contributed by atoms with Gasteiger partial charge in [-0.15, -0.1) is 0 Å². The van der Waals surface area contributed by atoms with Crippen LogP contribution in [0.15, 0.2) is 99.0 Å². The van der Waals surface area contributed by atoms with Gasteiger partial charge in [-0.2, -0.15) is 5.10 Å². The molecule has 0 radical (unpaired) electrons. The summed E-state index contributed by atoms with van der Waals surface area (Å²) in [4.78, 5) is 29.2. The zero-order chi connectivity index (χ0) is 27.5. The van der Waals surface area contributed by atoms with Gasteiger partial charge in [0.1, 0.15) is 5.69 Å². The Labute approximate surface area is 250 Å². The number of hydrogen-bond donors (Lipinski definition) is 2. The van der Waals surface area contributed by atoms with E-state index in [1.54, 1.807) is 42.5 Å². The number of carbonyl (C=O) groups excluding carboxylic acids is 2. The van der Waals surface area contributed by atoms with Crippen molar-refractivity contribution in [3.8, 4) is 16.9 Å². The molecule has 0 spiro atoms. The number of nitrogens with zero attached hydrogens (tertiary/aromatic N) is 1. The number of amides is 1. The number of aromatic amines is 1. The van der Waals surface area contributed by atoms with E-state index in [4.69, 9.17) is 27.9 Å². The van der Waals surface area contributed by atoms with Crippen LogP contribution in [0.1, 0.15) is 26.4 Å². The molecule has 194 valence electrons. The minimum atomic E-state index is -0.573. The Kier molecular flexibility index (Phi) is 8.18. The van der Waals surface area contributed by atoms with Crippen LogP contribution in [-0.4, -0.2) is 23.1 Å². The minimum Gasteiger partial charge on any atom is -0.421 e. The van der Waals surface area contributed by atoms with Crippen LogP contribution in [0.4, 0.5) is 0 Å². The molecule has 2 N–H and O–H groups in total. The maximum Gasteiger partial charge on any atom is 0.343 e. The van der Waals surface area contributed by atoms with Crippen LogP contribution in [0.3, 0.4) is 0 Å². The van der Waals surface area contributed by atoms with Crippen LogP contribution >= 0.6 is 55.1 Å². The highest BCUT2D eigenvalue weighted by atomic mass is 79.9. The number of aromatic nitrogens is 1. The zero-order valence-electron chi connectivity index (χ0n) is 19.8. The van der Waals surface area contributed by atoms with E-state index >= 15 is 0 Å². The molecular weight excluding hydrogens is 669 g/mol. The summed E-state index contributed by atoms with van der Waals surface area (Å²) in [6, 6.07) is 24.8. The zero-order valence-corrected chi connectivity index (χ0v) is 24.5. The number of ether oxygens (including phenoxy) is 1. The summed E-state index contributed by atoms with van der Waals surface area (Å²) in [5, 5.41) is 5.97. The molecule has 0 aliphatic rings. The molecule has 10 heteroatoms. The van der Waals surface area contributed by atoms with Crippen LogP contribution in [0.5, 0.6) is 5.75 Å². The number of H-pyrrole nitrogens is 1. The lowest BCUT2D eigenvalue weighted by Crippen LogP contribution is -2.19. The van der Waals surface area contributed by atoms with E-state index in [2.05, 4.69) is 47.4 Å². The number of nitrogens with one attached hydrogen (secondary N) is 2. The normalized spacial score (nSPS) is 11.2. The van der Waals surface area contributed by atoms with E-state index in [-0.39, 0.29) is 5.75 Å². The molecule has 0 saturated carbocycles. The minimum absolute atomic E-state index is 0.235. The van der Waals surface area contributed by atoms with Gasteiger partial charge in [0, 0.05) is 26.0 Å². The van der Waals surface area contributed by atoms with Gasteiger partial charge in [-0.25, -0.2) is 10.2 Å². The highest BCUT2D eigenvalue weighted by Crippen LogP contribution is 2.36. The Morgan fingerprint density at radius 1 is 0.923 bits per heavy atom. The van der Waals surface area contributed by atoms with Gasteiger partial charge >= 0.3 is 5.97 Å². The number of para-hydroxylation sites is 1. The van der Waals surface area contributed by atoms with Gasteiger partial charge < -0.3 is 9.72 Å². The van der Waals surface area contributed by atoms with Gasteiger partial charge in [0.15, 0.2) is 5.75 Å². The van der Waals surface area contributed by atoms with Crippen molar-refractivity contribution in [3.63, 3.8) is 0 Å². The predicted molar refractivity (Wildman–Crippen MR) is 162 cm³/mol. The predicted octanol–water partition coefficient (Wildman–Crippen LogP) is 8.65. The summed E-state index contributed by atoms with van der Waals surface area (Å²) < 4.78 is 6.89. The first kappa shape index (κ1) is 27.1. The molecule has 4 aromatic carbocycles. The molecule has 1 aromatic heterocycles. The summed E-state index contributed by atoms with van der Waals surface area (Å²) in [6.45, 7) is 0. The lowest BCUT2D eigenvalue weighted by molar-refractivity contribution is 0.0733. The van der Waals surface area contributed by atoms with Crippen LogP contribution in [0.2, 0.25) is 10.0 Å². The van der Waals surface area contributed by atoms with Crippen molar-refractivity contribution in [3.05, 3.63) is 121 Å². The highest BCUT2D eigenvalue weighted by molar-refractivity contribution is 9.11. The number of rotatable bonds is 6. The monoisotopic (exact) mass is 683 g/mol. The van der Waals surface area contributed by atoms with Crippen molar-refractivity contribution in [2.45, 2.75) is 0 Å². The molecule has 0 fully saturated rings. The molecule has 0 unspecified atom stereocenters. The summed E-state index contributed by atoms with van der Waals surface area (Å²) >= 11 is 19.2. The fourth-order valence-electron chi connectivity index (χ4n) is 3.99. The number of halogens is 4. The quantitative estimate of drug-likeness (QED) is 0.0812. The summed E-state index contributed by atoms with van der Waals surface area (Å²) in [7, 11) is 0. The molecular formula is C29H17Br2Cl2N3O3. The van der Waals surface area contributed by atoms with Crippen LogP contribution < -0.4 is 10.2 Å². The molecule has 6 nitrogen and oxygen atoms in total.